The van der Waals surface area contributed by atoms with Crippen molar-refractivity contribution in [3.8, 4) is 6.07 Å². The molecule has 0 spiro atoms. The molecule has 0 bridgehead atoms. The standard InChI is InChI=1S/C29H33N5O.3ClH/c1-23-26(14-9-15-31-23)28(21-30)33-16-18-34(19-17-33)29(35)20-27(25-12-7-4-8-13-25)32(2)22-24-10-5-3-6-11-24;;;/h3-15,27-28H,16-20,22H2,1-2H3;3*1H. The monoisotopic (exact) mass is 575 g/mol. The average Bonchev–Trinajstić information content (AvgIpc) is 2.90. The molecule has 0 aliphatic carbocycles. The number of pyridine rings is 1. The number of aryl methyl sites for hydroxylation is 1. The molecule has 0 radical (unpaired) electrons. The van der Waals surface area contributed by atoms with Crippen molar-refractivity contribution in [2.75, 3.05) is 33.2 Å². The first kappa shape index (κ1) is 33.4. The van der Waals surface area contributed by atoms with E-state index in [-0.39, 0.29) is 55.2 Å². The van der Waals surface area contributed by atoms with Crippen molar-refractivity contribution >= 4 is 43.1 Å². The smallest absolute Gasteiger partial charge is 0.224 e. The maximum absolute atomic E-state index is 13.4. The lowest BCUT2D eigenvalue weighted by molar-refractivity contribution is -0.134. The van der Waals surface area contributed by atoms with Gasteiger partial charge < -0.3 is 4.90 Å². The van der Waals surface area contributed by atoms with E-state index in [4.69, 9.17) is 0 Å². The molecule has 2 heterocycles. The van der Waals surface area contributed by atoms with Crippen LogP contribution in [0.1, 0.15) is 40.9 Å². The molecule has 2 aromatic carbocycles. The van der Waals surface area contributed by atoms with Gasteiger partial charge in [-0.3, -0.25) is 19.6 Å². The predicted molar refractivity (Wildman–Crippen MR) is 159 cm³/mol. The van der Waals surface area contributed by atoms with Crippen LogP contribution in [-0.4, -0.2) is 58.8 Å². The van der Waals surface area contributed by atoms with E-state index in [1.54, 1.807) is 6.20 Å². The first-order valence-electron chi connectivity index (χ1n) is 12.2. The van der Waals surface area contributed by atoms with Gasteiger partial charge in [-0.15, -0.1) is 37.2 Å². The Morgan fingerprint density at radius 1 is 0.947 bits per heavy atom. The van der Waals surface area contributed by atoms with Gasteiger partial charge in [-0.05, 0) is 31.2 Å². The van der Waals surface area contributed by atoms with E-state index in [1.807, 2.05) is 60.4 Å². The van der Waals surface area contributed by atoms with Gasteiger partial charge in [0.25, 0.3) is 0 Å². The molecule has 4 rings (SSSR count). The molecule has 1 fully saturated rings. The van der Waals surface area contributed by atoms with Gasteiger partial charge in [0, 0.05) is 62.6 Å². The van der Waals surface area contributed by atoms with Crippen molar-refractivity contribution in [2.45, 2.75) is 32.0 Å². The summed E-state index contributed by atoms with van der Waals surface area (Å²) in [5.74, 6) is 0.157. The molecule has 204 valence electrons. The van der Waals surface area contributed by atoms with E-state index in [9.17, 15) is 10.1 Å². The Balaban J connectivity index is 0.00000241. The third-order valence-corrected chi connectivity index (χ3v) is 6.86. The fourth-order valence-corrected chi connectivity index (χ4v) is 4.84. The van der Waals surface area contributed by atoms with E-state index in [1.165, 1.54) is 5.56 Å². The fraction of sp³-hybridized carbons (Fsp3) is 0.345. The molecule has 6 nitrogen and oxygen atoms in total. The van der Waals surface area contributed by atoms with Crippen molar-refractivity contribution in [1.82, 2.24) is 19.7 Å². The second-order valence-electron chi connectivity index (χ2n) is 9.16. The van der Waals surface area contributed by atoms with Gasteiger partial charge in [-0.25, -0.2) is 0 Å². The van der Waals surface area contributed by atoms with Gasteiger partial charge in [0.1, 0.15) is 6.04 Å². The summed E-state index contributed by atoms with van der Waals surface area (Å²) in [6.45, 7) is 5.31. The summed E-state index contributed by atoms with van der Waals surface area (Å²) in [7, 11) is 2.09. The zero-order valence-electron chi connectivity index (χ0n) is 21.8. The fourth-order valence-electron chi connectivity index (χ4n) is 4.84. The van der Waals surface area contributed by atoms with Gasteiger partial charge in [0.15, 0.2) is 0 Å². The van der Waals surface area contributed by atoms with Gasteiger partial charge >= 0.3 is 0 Å². The van der Waals surface area contributed by atoms with Crippen molar-refractivity contribution in [3.05, 3.63) is 101 Å². The number of piperazine rings is 1. The lowest BCUT2D eigenvalue weighted by Crippen LogP contribution is -2.50. The summed E-state index contributed by atoms with van der Waals surface area (Å²) in [6, 6.07) is 26.6. The Kier molecular flexibility index (Phi) is 14.3. The zero-order valence-corrected chi connectivity index (χ0v) is 24.2. The number of carbonyl (C=O) groups excluding carboxylic acids is 1. The van der Waals surface area contributed by atoms with Crippen LogP contribution in [0.2, 0.25) is 0 Å². The van der Waals surface area contributed by atoms with Crippen LogP contribution in [0.25, 0.3) is 0 Å². The molecule has 2 unspecified atom stereocenters. The zero-order chi connectivity index (χ0) is 24.6. The number of carbonyl (C=O) groups is 1. The van der Waals surface area contributed by atoms with E-state index in [0.717, 1.165) is 23.4 Å². The number of rotatable bonds is 8. The van der Waals surface area contributed by atoms with Crippen LogP contribution < -0.4 is 0 Å². The molecule has 1 aliphatic heterocycles. The maximum Gasteiger partial charge on any atom is 0.224 e. The summed E-state index contributed by atoms with van der Waals surface area (Å²) < 4.78 is 0. The Labute approximate surface area is 244 Å². The van der Waals surface area contributed by atoms with Crippen molar-refractivity contribution in [3.63, 3.8) is 0 Å². The molecular formula is C29H36Cl3N5O. The number of halogens is 3. The highest BCUT2D eigenvalue weighted by molar-refractivity contribution is 5.86. The lowest BCUT2D eigenvalue weighted by Gasteiger charge is -2.38. The van der Waals surface area contributed by atoms with Crippen LogP contribution >= 0.6 is 37.2 Å². The van der Waals surface area contributed by atoms with E-state index in [0.29, 0.717) is 32.6 Å². The van der Waals surface area contributed by atoms with Crippen LogP contribution in [0.4, 0.5) is 0 Å². The van der Waals surface area contributed by atoms with E-state index < -0.39 is 0 Å². The Morgan fingerprint density at radius 3 is 2.13 bits per heavy atom. The summed E-state index contributed by atoms with van der Waals surface area (Å²) in [5.41, 5.74) is 4.20. The number of amides is 1. The SMILES string of the molecule is Cc1ncccc1C(C#N)N1CCN(C(=O)CC(c2ccccc2)N(C)Cc2ccccc2)CC1.Cl.Cl.Cl. The maximum atomic E-state index is 13.4. The molecule has 1 aromatic heterocycles. The molecule has 38 heavy (non-hydrogen) atoms. The molecular weight excluding hydrogens is 541 g/mol. The first-order valence-corrected chi connectivity index (χ1v) is 12.2. The predicted octanol–water partition coefficient (Wildman–Crippen LogP) is 5.63. The highest BCUT2D eigenvalue weighted by atomic mass is 35.5. The third kappa shape index (κ3) is 8.42. The van der Waals surface area contributed by atoms with Crippen LogP contribution in [-0.2, 0) is 11.3 Å². The Hall–Kier alpha value is -2.66. The molecule has 1 aliphatic rings. The Bertz CT molecular complexity index is 1150. The number of hydrogen-bond acceptors (Lipinski definition) is 5. The highest BCUT2D eigenvalue weighted by Crippen LogP contribution is 2.27. The third-order valence-electron chi connectivity index (χ3n) is 6.86. The molecule has 2 atom stereocenters. The molecule has 9 heteroatoms. The van der Waals surface area contributed by atoms with Gasteiger partial charge in [0.2, 0.25) is 5.91 Å². The molecule has 0 N–H and O–H groups in total. The summed E-state index contributed by atoms with van der Waals surface area (Å²) in [5, 5.41) is 9.85. The number of hydrogen-bond donors (Lipinski definition) is 0. The number of nitriles is 1. The van der Waals surface area contributed by atoms with Crippen LogP contribution in [0.15, 0.2) is 79.0 Å². The molecule has 3 aromatic rings. The minimum Gasteiger partial charge on any atom is -0.340 e. The van der Waals surface area contributed by atoms with Crippen molar-refractivity contribution in [1.29, 1.82) is 5.26 Å². The second-order valence-corrected chi connectivity index (χ2v) is 9.16. The van der Waals surface area contributed by atoms with Crippen molar-refractivity contribution in [2.24, 2.45) is 0 Å². The van der Waals surface area contributed by atoms with Crippen molar-refractivity contribution < 1.29 is 4.79 Å². The minimum atomic E-state index is -0.338. The lowest BCUT2D eigenvalue weighted by atomic mass is 10.0. The van der Waals surface area contributed by atoms with Gasteiger partial charge in [-0.2, -0.15) is 5.26 Å². The normalized spacial score (nSPS) is 14.7. The molecule has 1 amide bonds. The largest absolute Gasteiger partial charge is 0.340 e. The van der Waals surface area contributed by atoms with Crippen LogP contribution in [0.3, 0.4) is 0 Å². The quantitative estimate of drug-likeness (QED) is 0.348. The first-order chi connectivity index (χ1) is 17.1. The number of aromatic nitrogens is 1. The van der Waals surface area contributed by atoms with E-state index in [2.05, 4.69) is 52.2 Å². The second kappa shape index (κ2) is 16.3. The summed E-state index contributed by atoms with van der Waals surface area (Å²) in [6.07, 6.45) is 2.18. The van der Waals surface area contributed by atoms with E-state index >= 15 is 0 Å². The average molecular weight is 577 g/mol. The van der Waals surface area contributed by atoms with Gasteiger partial charge in [-0.1, -0.05) is 66.7 Å². The highest BCUT2D eigenvalue weighted by Gasteiger charge is 2.30. The van der Waals surface area contributed by atoms with Gasteiger partial charge in [0.05, 0.1) is 6.07 Å². The topological polar surface area (TPSA) is 63.5 Å². The minimum absolute atomic E-state index is 0. The number of benzene rings is 2. The van der Waals surface area contributed by atoms with Crippen LogP contribution in [0, 0.1) is 18.3 Å². The number of nitrogens with zero attached hydrogens (tertiary/aromatic N) is 5. The molecule has 1 saturated heterocycles. The summed E-state index contributed by atoms with van der Waals surface area (Å²) in [4.78, 5) is 24.1. The summed E-state index contributed by atoms with van der Waals surface area (Å²) >= 11 is 0. The molecule has 0 saturated carbocycles. The Morgan fingerprint density at radius 2 is 1.55 bits per heavy atom. The van der Waals surface area contributed by atoms with Crippen LogP contribution in [0.5, 0.6) is 0 Å².